The zero-order valence-corrected chi connectivity index (χ0v) is 26.4. The van der Waals surface area contributed by atoms with Crippen molar-refractivity contribution in [3.8, 4) is 22.4 Å². The van der Waals surface area contributed by atoms with E-state index in [0.717, 1.165) is 90.5 Å². The lowest BCUT2D eigenvalue weighted by molar-refractivity contribution is -0.154. The second-order valence-electron chi connectivity index (χ2n) is 12.7. The largest absolute Gasteiger partial charge is 0.528 e. The first-order valence-electron chi connectivity index (χ1n) is 15.5. The molecule has 0 N–H and O–H groups in total. The number of aryl methyl sites for hydroxylation is 1. The molecule has 6 rings (SSSR count). The van der Waals surface area contributed by atoms with Gasteiger partial charge in [-0.1, -0.05) is 36.4 Å². The zero-order chi connectivity index (χ0) is 30.8. The second-order valence-corrected chi connectivity index (χ2v) is 12.7. The van der Waals surface area contributed by atoms with Crippen LogP contribution in [0.2, 0.25) is 0 Å². The highest BCUT2D eigenvalue weighted by molar-refractivity contribution is 5.92. The van der Waals surface area contributed by atoms with Gasteiger partial charge in [-0.15, -0.1) is 5.06 Å². The van der Waals surface area contributed by atoms with Crippen LogP contribution in [0.3, 0.4) is 0 Å². The predicted octanol–water partition coefficient (Wildman–Crippen LogP) is 6.11. The van der Waals surface area contributed by atoms with Gasteiger partial charge in [-0.2, -0.15) is 5.10 Å². The van der Waals surface area contributed by atoms with E-state index in [1.54, 1.807) is 5.06 Å². The molecule has 10 nitrogen and oxygen atoms in total. The number of carbonyl (C=O) groups excluding carboxylic acids is 1. The number of fused-ring (bicyclic) bond motifs is 1. The lowest BCUT2D eigenvalue weighted by Gasteiger charge is -2.31. The Morgan fingerprint density at radius 3 is 2.43 bits per heavy atom. The van der Waals surface area contributed by atoms with Crippen molar-refractivity contribution >= 4 is 17.2 Å². The van der Waals surface area contributed by atoms with E-state index in [0.29, 0.717) is 13.1 Å². The Kier molecular flexibility index (Phi) is 8.66. The zero-order valence-electron chi connectivity index (χ0n) is 26.4. The first-order valence-corrected chi connectivity index (χ1v) is 15.5. The fourth-order valence-corrected chi connectivity index (χ4v) is 6.13. The Hall–Kier alpha value is -3.86. The van der Waals surface area contributed by atoms with Crippen LogP contribution in [0.15, 0.2) is 48.7 Å². The van der Waals surface area contributed by atoms with E-state index < -0.39 is 11.8 Å². The van der Waals surface area contributed by atoms with Crippen LogP contribution in [-0.4, -0.2) is 80.9 Å². The maximum atomic E-state index is 12.1. The fourth-order valence-electron chi connectivity index (χ4n) is 6.13. The molecule has 10 heteroatoms. The highest BCUT2D eigenvalue weighted by Crippen LogP contribution is 2.33. The van der Waals surface area contributed by atoms with E-state index in [1.807, 2.05) is 46.0 Å². The standard InChI is InChI=1S/C34H42N6O4/c1-23-31(24(2)40(37-23)27-13-15-39(16-14-27)44-33(41)43-34(3,4)5)30-21-35-29-8-6-7-28(32(29)36-30)26-11-9-25(10-12-26)22-38-17-19-42-20-18-38/h6-12,21,27H,13-20,22H2,1-5H3. The van der Waals surface area contributed by atoms with Crippen LogP contribution in [0.25, 0.3) is 33.4 Å². The van der Waals surface area contributed by atoms with E-state index in [-0.39, 0.29) is 6.04 Å². The molecular weight excluding hydrogens is 556 g/mol. The molecular formula is C34H42N6O4. The maximum Gasteiger partial charge on any atom is 0.528 e. The normalized spacial score (nSPS) is 17.2. The van der Waals surface area contributed by atoms with Gasteiger partial charge in [0.2, 0.25) is 0 Å². The van der Waals surface area contributed by atoms with Crippen molar-refractivity contribution in [1.29, 1.82) is 0 Å². The summed E-state index contributed by atoms with van der Waals surface area (Å²) in [6, 6.07) is 15.2. The minimum atomic E-state index is -0.664. The molecule has 0 saturated carbocycles. The van der Waals surface area contributed by atoms with Gasteiger partial charge in [0.15, 0.2) is 0 Å². The minimum absolute atomic E-state index is 0.195. The van der Waals surface area contributed by atoms with Gasteiger partial charge in [0.25, 0.3) is 0 Å². The number of piperidine rings is 1. The Morgan fingerprint density at radius 1 is 1.00 bits per heavy atom. The molecule has 44 heavy (non-hydrogen) atoms. The molecule has 2 saturated heterocycles. The van der Waals surface area contributed by atoms with Crippen LogP contribution in [0, 0.1) is 13.8 Å². The molecule has 0 radical (unpaired) electrons. The molecule has 2 aromatic heterocycles. The minimum Gasteiger partial charge on any atom is -0.427 e. The van der Waals surface area contributed by atoms with Crippen molar-refractivity contribution in [1.82, 2.24) is 29.7 Å². The number of ether oxygens (including phenoxy) is 2. The molecule has 0 spiro atoms. The molecule has 0 aliphatic carbocycles. The van der Waals surface area contributed by atoms with E-state index in [2.05, 4.69) is 46.8 Å². The lowest BCUT2D eigenvalue weighted by atomic mass is 10.0. The van der Waals surface area contributed by atoms with Gasteiger partial charge in [0, 0.05) is 49.5 Å². The van der Waals surface area contributed by atoms with Gasteiger partial charge in [-0.3, -0.25) is 14.6 Å². The Labute approximate surface area is 258 Å². The van der Waals surface area contributed by atoms with Crippen LogP contribution in [0.4, 0.5) is 4.79 Å². The summed E-state index contributed by atoms with van der Waals surface area (Å²) in [5.41, 5.74) is 8.46. The molecule has 4 heterocycles. The molecule has 2 aliphatic rings. The fraction of sp³-hybridized carbons (Fsp3) is 0.471. The molecule has 0 amide bonds. The average molecular weight is 599 g/mol. The first-order chi connectivity index (χ1) is 21.1. The van der Waals surface area contributed by atoms with Crippen LogP contribution < -0.4 is 0 Å². The van der Waals surface area contributed by atoms with E-state index >= 15 is 0 Å². The monoisotopic (exact) mass is 598 g/mol. The predicted molar refractivity (Wildman–Crippen MR) is 169 cm³/mol. The first kappa shape index (κ1) is 30.2. The molecule has 232 valence electrons. The van der Waals surface area contributed by atoms with Crippen molar-refractivity contribution in [2.24, 2.45) is 0 Å². The number of carbonyl (C=O) groups is 1. The number of para-hydroxylation sites is 1. The summed E-state index contributed by atoms with van der Waals surface area (Å²) >= 11 is 0. The quantitative estimate of drug-likeness (QED) is 0.244. The van der Waals surface area contributed by atoms with Crippen molar-refractivity contribution in [3.05, 3.63) is 65.6 Å². The van der Waals surface area contributed by atoms with Crippen molar-refractivity contribution in [3.63, 3.8) is 0 Å². The smallest absolute Gasteiger partial charge is 0.427 e. The Bertz CT molecular complexity index is 1610. The summed E-state index contributed by atoms with van der Waals surface area (Å²) in [5.74, 6) is 0. The molecule has 2 aromatic carbocycles. The summed E-state index contributed by atoms with van der Waals surface area (Å²) < 4.78 is 12.9. The van der Waals surface area contributed by atoms with Crippen molar-refractivity contribution in [2.45, 2.75) is 65.6 Å². The third kappa shape index (κ3) is 6.77. The molecule has 2 aliphatic heterocycles. The summed E-state index contributed by atoms with van der Waals surface area (Å²) in [6.07, 6.45) is 2.80. The van der Waals surface area contributed by atoms with E-state index in [4.69, 9.17) is 29.4 Å². The van der Waals surface area contributed by atoms with E-state index in [9.17, 15) is 4.79 Å². The summed E-state index contributed by atoms with van der Waals surface area (Å²) in [7, 11) is 0. The van der Waals surface area contributed by atoms with Gasteiger partial charge in [0.05, 0.1) is 47.9 Å². The SMILES string of the molecule is Cc1nn(C2CCN(OC(=O)OC(C)(C)C)CC2)c(C)c1-c1cnc2cccc(-c3ccc(CN4CCOCC4)cc3)c2n1. The summed E-state index contributed by atoms with van der Waals surface area (Å²) in [4.78, 5) is 30.0. The third-order valence-corrected chi connectivity index (χ3v) is 8.29. The van der Waals surface area contributed by atoms with Crippen LogP contribution in [-0.2, 0) is 20.9 Å². The maximum absolute atomic E-state index is 12.1. The van der Waals surface area contributed by atoms with Crippen molar-refractivity contribution < 1.29 is 19.1 Å². The second kappa shape index (κ2) is 12.6. The van der Waals surface area contributed by atoms with Gasteiger partial charge in [-0.05, 0) is 64.7 Å². The Balaban J connectivity index is 1.20. The Morgan fingerprint density at radius 2 is 1.73 bits per heavy atom. The lowest BCUT2D eigenvalue weighted by Crippen LogP contribution is -2.38. The van der Waals surface area contributed by atoms with Gasteiger partial charge in [-0.25, -0.2) is 9.78 Å². The van der Waals surface area contributed by atoms with Crippen LogP contribution in [0.5, 0.6) is 0 Å². The summed E-state index contributed by atoms with van der Waals surface area (Å²) in [5, 5.41) is 6.63. The number of hydrogen-bond acceptors (Lipinski definition) is 9. The van der Waals surface area contributed by atoms with Gasteiger partial charge < -0.3 is 14.3 Å². The number of hydrogen-bond donors (Lipinski definition) is 0. The highest BCUT2D eigenvalue weighted by Gasteiger charge is 2.28. The number of morpholine rings is 1. The van der Waals surface area contributed by atoms with E-state index in [1.165, 1.54) is 5.56 Å². The molecule has 0 unspecified atom stereocenters. The molecule has 2 fully saturated rings. The average Bonchev–Trinajstić information content (AvgIpc) is 3.30. The van der Waals surface area contributed by atoms with Crippen LogP contribution >= 0.6 is 0 Å². The molecule has 0 atom stereocenters. The van der Waals surface area contributed by atoms with Crippen LogP contribution in [0.1, 0.15) is 56.6 Å². The summed E-state index contributed by atoms with van der Waals surface area (Å²) in [6.45, 7) is 15.3. The third-order valence-electron chi connectivity index (χ3n) is 8.29. The number of rotatable bonds is 6. The molecule has 0 bridgehead atoms. The number of nitrogens with zero attached hydrogens (tertiary/aromatic N) is 6. The topological polar surface area (TPSA) is 94.8 Å². The highest BCUT2D eigenvalue weighted by atomic mass is 16.8. The van der Waals surface area contributed by atoms with Gasteiger partial charge in [0.1, 0.15) is 5.60 Å². The van der Waals surface area contributed by atoms with Crippen molar-refractivity contribution in [2.75, 3.05) is 39.4 Å². The number of hydroxylamine groups is 2. The number of aromatic nitrogens is 4. The molecule has 4 aromatic rings. The van der Waals surface area contributed by atoms with Gasteiger partial charge >= 0.3 is 6.16 Å². The number of benzene rings is 2.